The van der Waals surface area contributed by atoms with E-state index in [1.165, 1.54) is 0 Å². The quantitative estimate of drug-likeness (QED) is 0.873. The van der Waals surface area contributed by atoms with Gasteiger partial charge in [0.1, 0.15) is 5.92 Å². The van der Waals surface area contributed by atoms with E-state index in [0.717, 1.165) is 5.56 Å². The van der Waals surface area contributed by atoms with Crippen LogP contribution in [0, 0.1) is 0 Å². The highest BCUT2D eigenvalue weighted by atomic mass is 16.4. The van der Waals surface area contributed by atoms with Gasteiger partial charge in [-0.1, -0.05) is 36.4 Å². The molecule has 0 fully saturated rings. The molecule has 2 atom stereocenters. The van der Waals surface area contributed by atoms with Gasteiger partial charge < -0.3 is 5.11 Å². The summed E-state index contributed by atoms with van der Waals surface area (Å²) in [5.41, 5.74) is 1.94. The fraction of sp³-hybridized carbons (Fsp3) is 0.176. The number of amides is 1. The average molecular weight is 279 g/mol. The van der Waals surface area contributed by atoms with Crippen molar-refractivity contribution in [3.63, 3.8) is 0 Å². The van der Waals surface area contributed by atoms with Crippen molar-refractivity contribution in [2.24, 2.45) is 0 Å². The number of carboxylic acid groups (broad SMARTS) is 1. The summed E-state index contributed by atoms with van der Waals surface area (Å²) in [5, 5.41) is 9.75. The van der Waals surface area contributed by atoms with E-state index in [9.17, 15) is 14.7 Å². The Morgan fingerprint density at radius 3 is 2.57 bits per heavy atom. The first kappa shape index (κ1) is 12.1. The normalized spacial score (nSPS) is 25.5. The predicted molar refractivity (Wildman–Crippen MR) is 77.4 cm³/mol. The molecule has 2 aromatic rings. The van der Waals surface area contributed by atoms with Crippen LogP contribution in [0.25, 0.3) is 0 Å². The molecule has 2 aromatic carbocycles. The summed E-state index contributed by atoms with van der Waals surface area (Å²) in [6.45, 7) is 1.84. The van der Waals surface area contributed by atoms with Crippen molar-refractivity contribution in [3.05, 3.63) is 65.2 Å². The first-order valence-electron chi connectivity index (χ1n) is 6.82. The van der Waals surface area contributed by atoms with E-state index in [4.69, 9.17) is 0 Å². The first-order valence-corrected chi connectivity index (χ1v) is 6.82. The number of hydrogen-bond acceptors (Lipinski definition) is 2. The summed E-state index contributed by atoms with van der Waals surface area (Å²) < 4.78 is 0. The molecule has 2 unspecified atom stereocenters. The van der Waals surface area contributed by atoms with Crippen LogP contribution in [0.1, 0.15) is 34.3 Å². The van der Waals surface area contributed by atoms with Gasteiger partial charge in [0.25, 0.3) is 5.91 Å². The molecule has 1 amide bonds. The summed E-state index contributed by atoms with van der Waals surface area (Å²) in [6, 6.07) is 14.6. The van der Waals surface area contributed by atoms with Crippen molar-refractivity contribution >= 4 is 17.6 Å². The zero-order valence-electron chi connectivity index (χ0n) is 11.4. The summed E-state index contributed by atoms with van der Waals surface area (Å²) in [7, 11) is 0. The Balaban J connectivity index is 2.08. The third-order valence-electron chi connectivity index (χ3n) is 4.67. The van der Waals surface area contributed by atoms with Crippen LogP contribution in [0.5, 0.6) is 0 Å². The van der Waals surface area contributed by atoms with Gasteiger partial charge in [-0.3, -0.25) is 14.5 Å². The average Bonchev–Trinajstić information content (AvgIpc) is 2.87. The number of hydrogen-bond donors (Lipinski definition) is 1. The van der Waals surface area contributed by atoms with Crippen LogP contribution in [0.4, 0.5) is 5.69 Å². The molecule has 4 nitrogen and oxygen atoms in total. The lowest BCUT2D eigenvalue weighted by molar-refractivity contribution is -0.140. The van der Waals surface area contributed by atoms with Crippen LogP contribution in [0.3, 0.4) is 0 Å². The number of fused-ring (bicyclic) bond motifs is 5. The Hall–Kier alpha value is -2.62. The number of anilines is 1. The standard InChI is InChI=1S/C17H13NO3/c1-17-12-8-4-2-6-10(12)15(19)18(17)13-9-5-3-7-11(13)14(17)16(20)21/h2-9,14H,1H3,(H,20,21). The van der Waals surface area contributed by atoms with Crippen molar-refractivity contribution < 1.29 is 14.7 Å². The molecule has 0 saturated heterocycles. The summed E-state index contributed by atoms with van der Waals surface area (Å²) >= 11 is 0. The third kappa shape index (κ3) is 1.25. The van der Waals surface area contributed by atoms with Gasteiger partial charge in [0.15, 0.2) is 0 Å². The maximum absolute atomic E-state index is 12.7. The molecular weight excluding hydrogens is 266 g/mol. The van der Waals surface area contributed by atoms with Gasteiger partial charge in [-0.05, 0) is 30.2 Å². The highest BCUT2D eigenvalue weighted by Gasteiger charge is 2.59. The van der Waals surface area contributed by atoms with E-state index in [0.29, 0.717) is 16.8 Å². The van der Waals surface area contributed by atoms with Gasteiger partial charge in [-0.15, -0.1) is 0 Å². The Morgan fingerprint density at radius 1 is 1.14 bits per heavy atom. The van der Waals surface area contributed by atoms with Crippen LogP contribution >= 0.6 is 0 Å². The van der Waals surface area contributed by atoms with E-state index in [1.807, 2.05) is 43.3 Å². The zero-order chi connectivity index (χ0) is 14.8. The molecule has 0 bridgehead atoms. The summed E-state index contributed by atoms with van der Waals surface area (Å²) in [5.74, 6) is -1.78. The topological polar surface area (TPSA) is 57.6 Å². The molecule has 104 valence electrons. The minimum atomic E-state index is -0.906. The maximum atomic E-state index is 12.7. The fourth-order valence-electron chi connectivity index (χ4n) is 3.82. The Bertz CT molecular complexity index is 794. The second-order valence-corrected chi connectivity index (χ2v) is 5.66. The van der Waals surface area contributed by atoms with Crippen molar-refractivity contribution in [1.29, 1.82) is 0 Å². The highest BCUT2D eigenvalue weighted by molar-refractivity contribution is 6.15. The van der Waals surface area contributed by atoms with Gasteiger partial charge in [-0.25, -0.2) is 0 Å². The monoisotopic (exact) mass is 279 g/mol. The number of carboxylic acids is 1. The molecule has 0 spiro atoms. The van der Waals surface area contributed by atoms with Gasteiger partial charge in [0.05, 0.1) is 5.54 Å². The Kier molecular flexibility index (Phi) is 2.15. The summed E-state index contributed by atoms with van der Waals surface area (Å²) in [4.78, 5) is 26.3. The van der Waals surface area contributed by atoms with Crippen molar-refractivity contribution in [1.82, 2.24) is 0 Å². The lowest BCUT2D eigenvalue weighted by atomic mass is 9.79. The van der Waals surface area contributed by atoms with E-state index >= 15 is 0 Å². The molecule has 4 heteroatoms. The van der Waals surface area contributed by atoms with E-state index in [1.54, 1.807) is 17.0 Å². The highest BCUT2D eigenvalue weighted by Crippen LogP contribution is 2.57. The number of nitrogens with zero attached hydrogens (tertiary/aromatic N) is 1. The summed E-state index contributed by atoms with van der Waals surface area (Å²) in [6.07, 6.45) is 0. The number of rotatable bonds is 1. The zero-order valence-corrected chi connectivity index (χ0v) is 11.4. The van der Waals surface area contributed by atoms with Gasteiger partial charge in [0.2, 0.25) is 0 Å². The van der Waals surface area contributed by atoms with E-state index < -0.39 is 17.4 Å². The van der Waals surface area contributed by atoms with Crippen molar-refractivity contribution in [3.8, 4) is 0 Å². The molecular formula is C17H13NO3. The van der Waals surface area contributed by atoms with Gasteiger partial charge >= 0.3 is 5.97 Å². The number of benzene rings is 2. The minimum Gasteiger partial charge on any atom is -0.481 e. The minimum absolute atomic E-state index is 0.121. The number of carbonyl (C=O) groups excluding carboxylic acids is 1. The van der Waals surface area contributed by atoms with Crippen LogP contribution in [-0.4, -0.2) is 17.0 Å². The van der Waals surface area contributed by atoms with Gasteiger partial charge in [-0.2, -0.15) is 0 Å². The van der Waals surface area contributed by atoms with E-state index in [-0.39, 0.29) is 5.91 Å². The maximum Gasteiger partial charge on any atom is 0.313 e. The van der Waals surface area contributed by atoms with Crippen LogP contribution < -0.4 is 4.90 Å². The molecule has 4 rings (SSSR count). The molecule has 1 N–H and O–H groups in total. The molecule has 2 aliphatic rings. The fourth-order valence-corrected chi connectivity index (χ4v) is 3.82. The van der Waals surface area contributed by atoms with Crippen molar-refractivity contribution in [2.75, 3.05) is 4.90 Å². The Labute approximate surface area is 121 Å². The lowest BCUT2D eigenvalue weighted by Gasteiger charge is -2.32. The predicted octanol–water partition coefficient (Wildman–Crippen LogP) is 2.74. The first-order chi connectivity index (χ1) is 10.1. The van der Waals surface area contributed by atoms with Gasteiger partial charge in [0, 0.05) is 11.3 Å². The van der Waals surface area contributed by atoms with E-state index in [2.05, 4.69) is 0 Å². The SMILES string of the molecule is CC12c3ccccc3C(=O)N1c1ccccc1C2C(=O)O. The number of aliphatic carboxylic acids is 1. The number of carbonyl (C=O) groups is 2. The van der Waals surface area contributed by atoms with Crippen LogP contribution in [0.2, 0.25) is 0 Å². The second kappa shape index (κ2) is 3.73. The molecule has 0 saturated carbocycles. The second-order valence-electron chi connectivity index (χ2n) is 5.66. The molecule has 2 aliphatic heterocycles. The molecule has 0 aliphatic carbocycles. The molecule has 0 radical (unpaired) electrons. The van der Waals surface area contributed by atoms with Crippen LogP contribution in [-0.2, 0) is 10.3 Å². The molecule has 21 heavy (non-hydrogen) atoms. The van der Waals surface area contributed by atoms with Crippen molar-refractivity contribution in [2.45, 2.75) is 18.4 Å². The third-order valence-corrected chi connectivity index (χ3v) is 4.67. The number of para-hydroxylation sites is 1. The smallest absolute Gasteiger partial charge is 0.313 e. The largest absolute Gasteiger partial charge is 0.481 e. The Morgan fingerprint density at radius 2 is 1.81 bits per heavy atom. The lowest BCUT2D eigenvalue weighted by Crippen LogP contribution is -2.43. The van der Waals surface area contributed by atoms with Crippen LogP contribution in [0.15, 0.2) is 48.5 Å². The molecule has 2 heterocycles. The molecule has 0 aromatic heterocycles.